The van der Waals surface area contributed by atoms with Crippen LogP contribution in [-0.2, 0) is 9.53 Å². The topological polar surface area (TPSA) is 26.3 Å². The zero-order valence-electron chi connectivity index (χ0n) is 18.3. The zero-order valence-corrected chi connectivity index (χ0v) is 18.3. The molecule has 3 heteroatoms. The van der Waals surface area contributed by atoms with Crippen LogP contribution in [0.15, 0.2) is 12.2 Å². The first-order valence-corrected chi connectivity index (χ1v) is 11.1. The Morgan fingerprint density at radius 3 is 1.73 bits per heavy atom. The largest absolute Gasteiger partial charge is 0.456 e. The molecule has 0 heterocycles. The summed E-state index contributed by atoms with van der Waals surface area (Å²) in [6, 6.07) is 0. The lowest BCUT2D eigenvalue weighted by molar-refractivity contribution is -0.910. The van der Waals surface area contributed by atoms with Gasteiger partial charge in [-0.2, -0.15) is 0 Å². The molecule has 0 aliphatic carbocycles. The molecule has 0 radical (unpaired) electrons. The molecule has 0 saturated carbocycles. The van der Waals surface area contributed by atoms with Gasteiger partial charge in [0.15, 0.2) is 0 Å². The number of nitrogens with zero attached hydrogens (tertiary/aromatic N) is 1. The van der Waals surface area contributed by atoms with Crippen LogP contribution in [-0.4, -0.2) is 43.7 Å². The van der Waals surface area contributed by atoms with Crippen LogP contribution in [0.5, 0.6) is 0 Å². The summed E-state index contributed by atoms with van der Waals surface area (Å²) in [7, 11) is 2.32. The second kappa shape index (κ2) is 16.4. The van der Waals surface area contributed by atoms with E-state index >= 15 is 0 Å². The van der Waals surface area contributed by atoms with Gasteiger partial charge in [-0.3, -0.25) is 0 Å². The van der Waals surface area contributed by atoms with Gasteiger partial charge >= 0.3 is 5.97 Å². The van der Waals surface area contributed by atoms with E-state index in [9.17, 15) is 4.79 Å². The molecule has 0 aliphatic rings. The number of carbonyl (C=O) groups excluding carboxylic acids is 1. The fourth-order valence-corrected chi connectivity index (χ4v) is 3.34. The van der Waals surface area contributed by atoms with E-state index in [0.29, 0.717) is 12.2 Å². The molecule has 3 nitrogen and oxygen atoms in total. The normalized spacial score (nSPS) is 13.4. The molecular weight excluding hydrogens is 322 g/mol. The molecule has 1 unspecified atom stereocenters. The molecule has 0 spiro atoms. The van der Waals surface area contributed by atoms with E-state index in [2.05, 4.69) is 27.5 Å². The Bertz CT molecular complexity index is 367. The second-order valence-electron chi connectivity index (χ2n) is 8.24. The highest BCUT2D eigenvalue weighted by Crippen LogP contribution is 2.13. The van der Waals surface area contributed by atoms with Crippen LogP contribution in [0.1, 0.15) is 97.8 Å². The molecule has 0 bridgehead atoms. The van der Waals surface area contributed by atoms with Crippen LogP contribution in [0, 0.1) is 0 Å². The summed E-state index contributed by atoms with van der Waals surface area (Å²) >= 11 is 0. The van der Waals surface area contributed by atoms with Crippen molar-refractivity contribution < 1.29 is 14.0 Å². The van der Waals surface area contributed by atoms with Gasteiger partial charge in [0.2, 0.25) is 0 Å². The highest BCUT2D eigenvalue weighted by atomic mass is 16.5. The van der Waals surface area contributed by atoms with Crippen molar-refractivity contribution in [2.24, 2.45) is 0 Å². The molecule has 0 saturated heterocycles. The minimum absolute atomic E-state index is 0.258. The lowest BCUT2D eigenvalue weighted by Crippen LogP contribution is -2.48. The lowest BCUT2D eigenvalue weighted by Gasteiger charge is -2.34. The first-order chi connectivity index (χ1) is 12.4. The fourth-order valence-electron chi connectivity index (χ4n) is 3.34. The van der Waals surface area contributed by atoms with Crippen molar-refractivity contribution in [2.45, 2.75) is 97.8 Å². The van der Waals surface area contributed by atoms with Crippen molar-refractivity contribution >= 4 is 5.97 Å². The average molecular weight is 369 g/mol. The van der Waals surface area contributed by atoms with E-state index in [-0.39, 0.29) is 5.97 Å². The Labute approximate surface area is 163 Å². The Morgan fingerprint density at radius 1 is 0.769 bits per heavy atom. The standard InChI is InChI=1S/C23H46NO2/c1-6-8-10-11-12-13-14-15-16-17-19-24(5,18-9-7-2)20-21-26-23(25)22(3)4/h3,6-21H2,1-2,4-5H3/q+1. The van der Waals surface area contributed by atoms with Crippen molar-refractivity contribution in [1.29, 1.82) is 0 Å². The molecule has 1 atom stereocenters. The predicted molar refractivity (Wildman–Crippen MR) is 113 cm³/mol. The van der Waals surface area contributed by atoms with Crippen LogP contribution in [0.3, 0.4) is 0 Å². The third-order valence-electron chi connectivity index (χ3n) is 5.32. The van der Waals surface area contributed by atoms with Crippen molar-refractivity contribution in [3.63, 3.8) is 0 Å². The van der Waals surface area contributed by atoms with E-state index in [4.69, 9.17) is 4.74 Å². The number of hydrogen-bond acceptors (Lipinski definition) is 2. The molecule has 0 amide bonds. The Balaban J connectivity index is 3.90. The fraction of sp³-hybridized carbons (Fsp3) is 0.870. The molecule has 0 aromatic rings. The third-order valence-corrected chi connectivity index (χ3v) is 5.32. The average Bonchev–Trinajstić information content (AvgIpc) is 2.61. The number of likely N-dealkylation sites (N-methyl/N-ethyl adjacent to an activating group) is 1. The third kappa shape index (κ3) is 14.4. The van der Waals surface area contributed by atoms with Crippen molar-refractivity contribution in [2.75, 3.05) is 33.3 Å². The summed E-state index contributed by atoms with van der Waals surface area (Å²) in [5.74, 6) is -0.258. The van der Waals surface area contributed by atoms with Crippen molar-refractivity contribution in [3.8, 4) is 0 Å². The van der Waals surface area contributed by atoms with Crippen LogP contribution >= 0.6 is 0 Å². The van der Waals surface area contributed by atoms with Gasteiger partial charge in [0.25, 0.3) is 0 Å². The van der Waals surface area contributed by atoms with Crippen LogP contribution in [0.2, 0.25) is 0 Å². The number of hydrogen-bond donors (Lipinski definition) is 0. The van der Waals surface area contributed by atoms with E-state index in [0.717, 1.165) is 11.0 Å². The maximum absolute atomic E-state index is 11.6. The highest BCUT2D eigenvalue weighted by Gasteiger charge is 2.21. The highest BCUT2D eigenvalue weighted by molar-refractivity contribution is 5.86. The molecule has 0 N–H and O–H groups in total. The van der Waals surface area contributed by atoms with Crippen LogP contribution in [0.4, 0.5) is 0 Å². The zero-order chi connectivity index (χ0) is 19.7. The summed E-state index contributed by atoms with van der Waals surface area (Å²) in [6.45, 7) is 13.7. The SMILES string of the molecule is C=C(C)C(=O)OCC[N+](C)(CCCC)CCCCCCCCCCCC. The minimum atomic E-state index is -0.258. The molecule has 26 heavy (non-hydrogen) atoms. The first kappa shape index (κ1) is 25.2. The molecule has 0 aromatic heterocycles. The van der Waals surface area contributed by atoms with Gasteiger partial charge in [0.1, 0.15) is 13.2 Å². The molecular formula is C23H46NO2+. The maximum atomic E-state index is 11.6. The van der Waals surface area contributed by atoms with Crippen molar-refractivity contribution in [1.82, 2.24) is 0 Å². The first-order valence-electron chi connectivity index (χ1n) is 11.1. The van der Waals surface area contributed by atoms with Crippen molar-refractivity contribution in [3.05, 3.63) is 12.2 Å². The van der Waals surface area contributed by atoms with Gasteiger partial charge in [-0.1, -0.05) is 78.2 Å². The number of unbranched alkanes of at least 4 members (excludes halogenated alkanes) is 10. The van der Waals surface area contributed by atoms with E-state index < -0.39 is 0 Å². The van der Waals surface area contributed by atoms with E-state index in [1.165, 1.54) is 90.1 Å². The summed E-state index contributed by atoms with van der Waals surface area (Å²) in [5.41, 5.74) is 0.488. The van der Waals surface area contributed by atoms with Gasteiger partial charge in [-0.25, -0.2) is 4.79 Å². The second-order valence-corrected chi connectivity index (χ2v) is 8.24. The Kier molecular flexibility index (Phi) is 15.8. The number of esters is 1. The van der Waals surface area contributed by atoms with Gasteiger partial charge in [-0.05, 0) is 26.2 Å². The van der Waals surface area contributed by atoms with Gasteiger partial charge in [0.05, 0.1) is 20.1 Å². The summed E-state index contributed by atoms with van der Waals surface area (Å²) in [4.78, 5) is 11.6. The minimum Gasteiger partial charge on any atom is -0.456 e. The molecule has 0 aromatic carbocycles. The number of rotatable bonds is 18. The predicted octanol–water partition coefficient (Wildman–Crippen LogP) is 6.27. The molecule has 0 aliphatic heterocycles. The lowest BCUT2D eigenvalue weighted by atomic mass is 10.1. The van der Waals surface area contributed by atoms with Gasteiger partial charge in [-0.15, -0.1) is 0 Å². The monoisotopic (exact) mass is 368 g/mol. The van der Waals surface area contributed by atoms with Gasteiger partial charge < -0.3 is 9.22 Å². The van der Waals surface area contributed by atoms with E-state index in [1.807, 2.05) is 0 Å². The number of ether oxygens (including phenoxy) is 1. The summed E-state index contributed by atoms with van der Waals surface area (Å²) in [5, 5.41) is 0. The maximum Gasteiger partial charge on any atom is 0.333 e. The Hall–Kier alpha value is -0.830. The summed E-state index contributed by atoms with van der Waals surface area (Å²) in [6.07, 6.45) is 16.2. The molecule has 0 rings (SSSR count). The smallest absolute Gasteiger partial charge is 0.333 e. The van der Waals surface area contributed by atoms with Crippen LogP contribution < -0.4 is 0 Å². The quantitative estimate of drug-likeness (QED) is 0.123. The number of quaternary nitrogens is 1. The molecule has 0 fully saturated rings. The van der Waals surface area contributed by atoms with Crippen LogP contribution in [0.25, 0.3) is 0 Å². The van der Waals surface area contributed by atoms with E-state index in [1.54, 1.807) is 6.92 Å². The molecule has 154 valence electrons. The Morgan fingerprint density at radius 2 is 1.23 bits per heavy atom. The number of carbonyl (C=O) groups is 1. The summed E-state index contributed by atoms with van der Waals surface area (Å²) < 4.78 is 6.35. The van der Waals surface area contributed by atoms with Gasteiger partial charge in [0, 0.05) is 5.57 Å².